The number of aryl methyl sites for hydroxylation is 1. The van der Waals surface area contributed by atoms with Gasteiger partial charge in [0.1, 0.15) is 12.4 Å². The van der Waals surface area contributed by atoms with Crippen molar-refractivity contribution in [2.75, 3.05) is 33.4 Å². The molecule has 0 saturated heterocycles. The molecule has 4 heteroatoms. The van der Waals surface area contributed by atoms with E-state index < -0.39 is 0 Å². The van der Waals surface area contributed by atoms with E-state index in [9.17, 15) is 4.79 Å². The summed E-state index contributed by atoms with van der Waals surface area (Å²) < 4.78 is 10.7. The average molecular weight is 315 g/mol. The molecule has 0 aliphatic rings. The molecule has 0 aliphatic heterocycles. The number of ether oxygens (including phenoxy) is 2. The van der Waals surface area contributed by atoms with Crippen LogP contribution < -0.4 is 4.74 Å². The number of carbonyl (C=O) groups excluding carboxylic acids is 1. The molecule has 2 rings (SSSR count). The second-order valence-corrected chi connectivity index (χ2v) is 5.51. The van der Waals surface area contributed by atoms with Crippen molar-refractivity contribution in [1.29, 1.82) is 0 Å². The Morgan fingerprint density at radius 2 is 1.87 bits per heavy atom. The smallest absolute Gasteiger partial charge is 0.338 e. The van der Waals surface area contributed by atoms with Crippen LogP contribution in [0.2, 0.25) is 0 Å². The highest BCUT2D eigenvalue weighted by Gasteiger charge is 2.14. The molecule has 0 fully saturated rings. The molecule has 23 heavy (non-hydrogen) atoms. The highest BCUT2D eigenvalue weighted by molar-refractivity contribution is 6.06. The molecule has 0 heterocycles. The van der Waals surface area contributed by atoms with Gasteiger partial charge in [-0.05, 0) is 54.5 Å². The summed E-state index contributed by atoms with van der Waals surface area (Å²) in [5.74, 6) is 0.521. The zero-order valence-corrected chi connectivity index (χ0v) is 14.4. The third-order valence-electron chi connectivity index (χ3n) is 4.16. The molecule has 0 spiro atoms. The van der Waals surface area contributed by atoms with E-state index in [1.807, 2.05) is 37.3 Å². The molecule has 0 aliphatic carbocycles. The van der Waals surface area contributed by atoms with Gasteiger partial charge in [0.05, 0.1) is 12.7 Å². The number of carbonyl (C=O) groups is 1. The molecule has 0 radical (unpaired) electrons. The molecule has 2 aromatic carbocycles. The summed E-state index contributed by atoms with van der Waals surface area (Å²) in [5.41, 5.74) is 1.54. The lowest BCUT2D eigenvalue weighted by Crippen LogP contribution is -2.27. The van der Waals surface area contributed by atoms with Crippen LogP contribution in [0.1, 0.15) is 29.8 Å². The molecule has 0 atom stereocenters. The number of hydrogen-bond donors (Lipinski definition) is 0. The maximum Gasteiger partial charge on any atom is 0.338 e. The van der Waals surface area contributed by atoms with Gasteiger partial charge in [-0.1, -0.05) is 26.0 Å². The highest BCUT2D eigenvalue weighted by atomic mass is 16.5. The number of benzene rings is 2. The van der Waals surface area contributed by atoms with Crippen LogP contribution in [0, 0.1) is 6.92 Å². The van der Waals surface area contributed by atoms with Gasteiger partial charge in [0.15, 0.2) is 0 Å². The first-order valence-electron chi connectivity index (χ1n) is 8.07. The molecule has 0 N–H and O–H groups in total. The highest BCUT2D eigenvalue weighted by Crippen LogP contribution is 2.26. The number of hydrogen-bond acceptors (Lipinski definition) is 4. The van der Waals surface area contributed by atoms with Crippen LogP contribution in [-0.4, -0.2) is 44.2 Å². The van der Waals surface area contributed by atoms with Crippen LogP contribution in [0.25, 0.3) is 10.8 Å². The van der Waals surface area contributed by atoms with Gasteiger partial charge in [0, 0.05) is 6.54 Å². The van der Waals surface area contributed by atoms with Gasteiger partial charge in [-0.25, -0.2) is 4.79 Å². The second kappa shape index (κ2) is 7.97. The Morgan fingerprint density at radius 1 is 1.13 bits per heavy atom. The van der Waals surface area contributed by atoms with Crippen LogP contribution in [-0.2, 0) is 4.74 Å². The Hall–Kier alpha value is -2.07. The number of likely N-dealkylation sites (N-methyl/N-ethyl adjacent to an activating group) is 1. The van der Waals surface area contributed by atoms with Crippen molar-refractivity contribution in [2.45, 2.75) is 20.8 Å². The van der Waals surface area contributed by atoms with E-state index in [0.29, 0.717) is 12.2 Å². The maximum absolute atomic E-state index is 12.0. The molecule has 124 valence electrons. The van der Waals surface area contributed by atoms with Crippen LogP contribution in [0.4, 0.5) is 0 Å². The maximum atomic E-state index is 12.0. The van der Waals surface area contributed by atoms with E-state index >= 15 is 0 Å². The zero-order valence-electron chi connectivity index (χ0n) is 14.4. The van der Waals surface area contributed by atoms with Gasteiger partial charge < -0.3 is 14.4 Å². The first kappa shape index (κ1) is 17.3. The van der Waals surface area contributed by atoms with Crippen molar-refractivity contribution in [2.24, 2.45) is 0 Å². The first-order valence-corrected chi connectivity index (χ1v) is 8.07. The minimum atomic E-state index is -0.302. The third-order valence-corrected chi connectivity index (χ3v) is 4.16. The largest absolute Gasteiger partial charge is 0.492 e. The average Bonchev–Trinajstić information content (AvgIpc) is 2.58. The van der Waals surface area contributed by atoms with Gasteiger partial charge in [-0.2, -0.15) is 0 Å². The monoisotopic (exact) mass is 315 g/mol. The minimum Gasteiger partial charge on any atom is -0.492 e. The van der Waals surface area contributed by atoms with E-state index in [-0.39, 0.29) is 5.97 Å². The molecular formula is C19H25NO3. The normalized spacial score (nSPS) is 11.0. The SMILES string of the molecule is CCN(CC)CCOc1ccc2c(C(=O)OC)c(C)ccc2c1. The van der Waals surface area contributed by atoms with Gasteiger partial charge in [0.2, 0.25) is 0 Å². The third kappa shape index (κ3) is 4.02. The van der Waals surface area contributed by atoms with Crippen molar-refractivity contribution in [3.8, 4) is 5.75 Å². The van der Waals surface area contributed by atoms with Crippen molar-refractivity contribution < 1.29 is 14.3 Å². The van der Waals surface area contributed by atoms with Crippen molar-refractivity contribution in [3.63, 3.8) is 0 Å². The lowest BCUT2D eigenvalue weighted by atomic mass is 9.99. The van der Waals surface area contributed by atoms with Gasteiger partial charge in [0.25, 0.3) is 0 Å². The van der Waals surface area contributed by atoms with Crippen LogP contribution in [0.15, 0.2) is 30.3 Å². The lowest BCUT2D eigenvalue weighted by molar-refractivity contribution is 0.0602. The lowest BCUT2D eigenvalue weighted by Gasteiger charge is -2.18. The number of esters is 1. The standard InChI is InChI=1S/C19H25NO3/c1-5-20(6-2)11-12-23-16-9-10-17-15(13-16)8-7-14(3)18(17)19(21)22-4/h7-10,13H,5-6,11-12H2,1-4H3. The number of rotatable bonds is 7. The minimum absolute atomic E-state index is 0.302. The molecular weight excluding hydrogens is 290 g/mol. The van der Waals surface area contributed by atoms with E-state index in [4.69, 9.17) is 9.47 Å². The van der Waals surface area contributed by atoms with E-state index in [2.05, 4.69) is 18.7 Å². The summed E-state index contributed by atoms with van der Waals surface area (Å²) in [6.07, 6.45) is 0. The van der Waals surface area contributed by atoms with Crippen LogP contribution >= 0.6 is 0 Å². The van der Waals surface area contributed by atoms with Crippen LogP contribution in [0.5, 0.6) is 5.75 Å². The fourth-order valence-electron chi connectivity index (χ4n) is 2.71. The molecule has 0 saturated carbocycles. The molecule has 0 bridgehead atoms. The molecule has 0 amide bonds. The fraction of sp³-hybridized carbons (Fsp3) is 0.421. The summed E-state index contributed by atoms with van der Waals surface area (Å²) >= 11 is 0. The Morgan fingerprint density at radius 3 is 2.52 bits per heavy atom. The summed E-state index contributed by atoms with van der Waals surface area (Å²) in [6, 6.07) is 9.77. The summed E-state index contributed by atoms with van der Waals surface area (Å²) in [4.78, 5) is 14.3. The molecule has 4 nitrogen and oxygen atoms in total. The van der Waals surface area contributed by atoms with E-state index in [0.717, 1.165) is 41.7 Å². The zero-order chi connectivity index (χ0) is 16.8. The fourth-order valence-corrected chi connectivity index (χ4v) is 2.71. The first-order chi connectivity index (χ1) is 11.1. The van der Waals surface area contributed by atoms with E-state index in [1.165, 1.54) is 7.11 Å². The van der Waals surface area contributed by atoms with E-state index in [1.54, 1.807) is 0 Å². The van der Waals surface area contributed by atoms with Crippen molar-refractivity contribution >= 4 is 16.7 Å². The summed E-state index contributed by atoms with van der Waals surface area (Å²) in [7, 11) is 1.41. The Kier molecular flexibility index (Phi) is 5.99. The Labute approximate surface area is 138 Å². The quantitative estimate of drug-likeness (QED) is 0.731. The summed E-state index contributed by atoms with van der Waals surface area (Å²) in [5, 5.41) is 1.88. The van der Waals surface area contributed by atoms with Crippen molar-refractivity contribution in [1.82, 2.24) is 4.90 Å². The predicted molar refractivity (Wildman–Crippen MR) is 93.3 cm³/mol. The van der Waals surface area contributed by atoms with Gasteiger partial charge in [-0.3, -0.25) is 0 Å². The summed E-state index contributed by atoms with van der Waals surface area (Å²) in [6.45, 7) is 9.83. The number of methoxy groups -OCH3 is 1. The Balaban J connectivity index is 2.20. The van der Waals surface area contributed by atoms with Crippen LogP contribution in [0.3, 0.4) is 0 Å². The molecule has 0 unspecified atom stereocenters. The number of fused-ring (bicyclic) bond motifs is 1. The second-order valence-electron chi connectivity index (χ2n) is 5.51. The van der Waals surface area contributed by atoms with Gasteiger partial charge in [-0.15, -0.1) is 0 Å². The van der Waals surface area contributed by atoms with Crippen molar-refractivity contribution in [3.05, 3.63) is 41.5 Å². The van der Waals surface area contributed by atoms with Gasteiger partial charge >= 0.3 is 5.97 Å². The molecule has 2 aromatic rings. The number of nitrogens with zero attached hydrogens (tertiary/aromatic N) is 1. The predicted octanol–water partition coefficient (Wildman–Crippen LogP) is 3.66. The Bertz CT molecular complexity index is 678. The topological polar surface area (TPSA) is 38.8 Å². The molecule has 0 aromatic heterocycles.